The fraction of sp³-hybridized carbons (Fsp3) is 0.429. The van der Waals surface area contributed by atoms with Gasteiger partial charge in [-0.3, -0.25) is 4.79 Å². The molecular formula is C14H16N2O2. The molecule has 1 saturated carbocycles. The third-order valence-electron chi connectivity index (χ3n) is 3.31. The Hall–Kier alpha value is -2.02. The van der Waals surface area contributed by atoms with E-state index < -0.39 is 5.97 Å². The summed E-state index contributed by atoms with van der Waals surface area (Å²) in [4.78, 5) is 10.9. The van der Waals surface area contributed by atoms with Gasteiger partial charge < -0.3 is 10.4 Å². The fourth-order valence-corrected chi connectivity index (χ4v) is 2.16. The van der Waals surface area contributed by atoms with Crippen LogP contribution in [-0.4, -0.2) is 17.1 Å². The van der Waals surface area contributed by atoms with Crippen LogP contribution in [0.25, 0.3) is 0 Å². The molecule has 1 aliphatic carbocycles. The monoisotopic (exact) mass is 244 g/mol. The van der Waals surface area contributed by atoms with Gasteiger partial charge >= 0.3 is 5.97 Å². The molecule has 4 heteroatoms. The SMILES string of the molecule is Cc1cccc(C#N)c1NC(CC(=O)O)C1CC1. The first kappa shape index (κ1) is 12.4. The van der Waals surface area contributed by atoms with Crippen molar-refractivity contribution in [2.75, 3.05) is 5.32 Å². The highest BCUT2D eigenvalue weighted by Gasteiger charge is 2.33. The number of carboxylic acid groups (broad SMARTS) is 1. The van der Waals surface area contributed by atoms with Crippen molar-refractivity contribution < 1.29 is 9.90 Å². The van der Waals surface area contributed by atoms with E-state index in [1.165, 1.54) is 0 Å². The molecule has 0 amide bonds. The molecule has 0 aliphatic heterocycles. The smallest absolute Gasteiger partial charge is 0.305 e. The maximum atomic E-state index is 10.9. The molecule has 1 aliphatic rings. The van der Waals surface area contributed by atoms with Crippen molar-refractivity contribution in [3.63, 3.8) is 0 Å². The molecule has 1 fully saturated rings. The molecule has 0 spiro atoms. The number of carbonyl (C=O) groups is 1. The van der Waals surface area contributed by atoms with E-state index in [2.05, 4.69) is 11.4 Å². The van der Waals surface area contributed by atoms with Crippen molar-refractivity contribution in [3.8, 4) is 6.07 Å². The van der Waals surface area contributed by atoms with Gasteiger partial charge in [0, 0.05) is 6.04 Å². The maximum Gasteiger partial charge on any atom is 0.305 e. The molecule has 4 nitrogen and oxygen atoms in total. The zero-order chi connectivity index (χ0) is 13.1. The summed E-state index contributed by atoms with van der Waals surface area (Å²) in [6.07, 6.45) is 2.24. The second kappa shape index (κ2) is 5.09. The molecule has 1 unspecified atom stereocenters. The second-order valence-electron chi connectivity index (χ2n) is 4.80. The van der Waals surface area contributed by atoms with Crippen LogP contribution in [0.5, 0.6) is 0 Å². The standard InChI is InChI=1S/C14H16N2O2/c1-9-3-2-4-11(8-15)14(9)16-12(7-13(17)18)10-5-6-10/h2-4,10,12,16H,5-7H2,1H3,(H,17,18). The minimum absolute atomic E-state index is 0.0734. The molecule has 2 rings (SSSR count). The Morgan fingerprint density at radius 1 is 1.61 bits per heavy atom. The number of hydrogen-bond donors (Lipinski definition) is 2. The topological polar surface area (TPSA) is 73.1 Å². The van der Waals surface area contributed by atoms with Crippen LogP contribution >= 0.6 is 0 Å². The predicted molar refractivity (Wildman–Crippen MR) is 68.3 cm³/mol. The lowest BCUT2D eigenvalue weighted by atomic mass is 10.0. The number of nitriles is 1. The van der Waals surface area contributed by atoms with E-state index >= 15 is 0 Å². The Morgan fingerprint density at radius 3 is 2.89 bits per heavy atom. The number of nitrogens with one attached hydrogen (secondary N) is 1. The Morgan fingerprint density at radius 2 is 2.33 bits per heavy atom. The molecule has 1 atom stereocenters. The van der Waals surface area contributed by atoms with Gasteiger partial charge in [-0.1, -0.05) is 12.1 Å². The molecule has 18 heavy (non-hydrogen) atoms. The summed E-state index contributed by atoms with van der Waals surface area (Å²) >= 11 is 0. The molecule has 1 aromatic carbocycles. The number of hydrogen-bond acceptors (Lipinski definition) is 3. The number of aryl methyl sites for hydroxylation is 1. The Kier molecular flexibility index (Phi) is 3.52. The normalized spacial score (nSPS) is 15.8. The number of anilines is 1. The summed E-state index contributed by atoms with van der Waals surface area (Å²) in [5.41, 5.74) is 2.33. The van der Waals surface area contributed by atoms with Crippen LogP contribution in [0, 0.1) is 24.2 Å². The minimum atomic E-state index is -0.800. The number of rotatable bonds is 5. The van der Waals surface area contributed by atoms with Crippen molar-refractivity contribution in [3.05, 3.63) is 29.3 Å². The first-order valence-electron chi connectivity index (χ1n) is 6.10. The second-order valence-corrected chi connectivity index (χ2v) is 4.80. The van der Waals surface area contributed by atoms with Crippen LogP contribution in [0.2, 0.25) is 0 Å². The number of benzene rings is 1. The van der Waals surface area contributed by atoms with Gasteiger partial charge in [0.1, 0.15) is 6.07 Å². The fourth-order valence-electron chi connectivity index (χ4n) is 2.16. The van der Waals surface area contributed by atoms with Crippen molar-refractivity contribution in [1.29, 1.82) is 5.26 Å². The Balaban J connectivity index is 2.21. The van der Waals surface area contributed by atoms with Crippen LogP contribution < -0.4 is 5.32 Å². The molecule has 0 aromatic heterocycles. The van der Waals surface area contributed by atoms with E-state index in [4.69, 9.17) is 10.4 Å². The third-order valence-corrected chi connectivity index (χ3v) is 3.31. The quantitative estimate of drug-likeness (QED) is 0.834. The van der Waals surface area contributed by atoms with Crippen molar-refractivity contribution in [2.45, 2.75) is 32.2 Å². The number of aliphatic carboxylic acids is 1. The minimum Gasteiger partial charge on any atom is -0.481 e. The van der Waals surface area contributed by atoms with E-state index in [1.54, 1.807) is 6.07 Å². The maximum absolute atomic E-state index is 10.9. The summed E-state index contributed by atoms with van der Waals surface area (Å²) in [6, 6.07) is 7.58. The van der Waals surface area contributed by atoms with Crippen molar-refractivity contribution in [2.24, 2.45) is 5.92 Å². The largest absolute Gasteiger partial charge is 0.481 e. The van der Waals surface area contributed by atoms with Crippen LogP contribution in [0.4, 0.5) is 5.69 Å². The van der Waals surface area contributed by atoms with E-state index in [-0.39, 0.29) is 12.5 Å². The molecule has 0 saturated heterocycles. The lowest BCUT2D eigenvalue weighted by Crippen LogP contribution is -2.26. The Labute approximate surface area is 106 Å². The van der Waals surface area contributed by atoms with Crippen molar-refractivity contribution in [1.82, 2.24) is 0 Å². The number of para-hydroxylation sites is 1. The molecule has 2 N–H and O–H groups in total. The third kappa shape index (κ3) is 2.80. The van der Waals surface area contributed by atoms with Crippen molar-refractivity contribution >= 4 is 11.7 Å². The van der Waals surface area contributed by atoms with Crippen LogP contribution in [0.3, 0.4) is 0 Å². The first-order valence-corrected chi connectivity index (χ1v) is 6.10. The summed E-state index contributed by atoms with van der Waals surface area (Å²) in [7, 11) is 0. The van der Waals surface area contributed by atoms with Crippen LogP contribution in [0.1, 0.15) is 30.4 Å². The summed E-state index contributed by atoms with van der Waals surface area (Å²) in [5, 5.41) is 21.3. The summed E-state index contributed by atoms with van der Waals surface area (Å²) in [6.45, 7) is 1.92. The first-order chi connectivity index (χ1) is 8.61. The van der Waals surface area contributed by atoms with Gasteiger partial charge in [0.25, 0.3) is 0 Å². The summed E-state index contributed by atoms with van der Waals surface area (Å²) in [5.74, 6) is -0.376. The van der Waals surface area contributed by atoms with Gasteiger partial charge in [-0.05, 0) is 37.3 Å². The molecule has 94 valence electrons. The van der Waals surface area contributed by atoms with Gasteiger partial charge in [0.15, 0.2) is 0 Å². The number of nitrogens with zero attached hydrogens (tertiary/aromatic N) is 1. The van der Waals surface area contributed by atoms with Gasteiger partial charge in [-0.25, -0.2) is 0 Å². The van der Waals surface area contributed by atoms with E-state index in [0.29, 0.717) is 11.5 Å². The van der Waals surface area contributed by atoms with Gasteiger partial charge in [-0.15, -0.1) is 0 Å². The van der Waals surface area contributed by atoms with Crippen LogP contribution in [0.15, 0.2) is 18.2 Å². The lowest BCUT2D eigenvalue weighted by molar-refractivity contribution is -0.137. The lowest BCUT2D eigenvalue weighted by Gasteiger charge is -2.20. The molecule has 0 radical (unpaired) electrons. The average molecular weight is 244 g/mol. The molecular weight excluding hydrogens is 228 g/mol. The van der Waals surface area contributed by atoms with E-state index in [9.17, 15) is 4.79 Å². The highest BCUT2D eigenvalue weighted by molar-refractivity contribution is 5.70. The molecule has 0 bridgehead atoms. The van der Waals surface area contributed by atoms with Gasteiger partial charge in [0.05, 0.1) is 17.7 Å². The molecule has 0 heterocycles. The zero-order valence-corrected chi connectivity index (χ0v) is 10.3. The van der Waals surface area contributed by atoms with Gasteiger partial charge in [-0.2, -0.15) is 5.26 Å². The highest BCUT2D eigenvalue weighted by atomic mass is 16.4. The highest BCUT2D eigenvalue weighted by Crippen LogP contribution is 2.36. The van der Waals surface area contributed by atoms with E-state index in [1.807, 2.05) is 19.1 Å². The predicted octanol–water partition coefficient (Wildman–Crippen LogP) is 2.53. The summed E-state index contributed by atoms with van der Waals surface area (Å²) < 4.78 is 0. The van der Waals surface area contributed by atoms with E-state index in [0.717, 1.165) is 24.1 Å². The number of carboxylic acids is 1. The van der Waals surface area contributed by atoms with Gasteiger partial charge in [0.2, 0.25) is 0 Å². The zero-order valence-electron chi connectivity index (χ0n) is 10.3. The van der Waals surface area contributed by atoms with Crippen LogP contribution in [-0.2, 0) is 4.79 Å². The molecule has 1 aromatic rings. The Bertz CT molecular complexity index is 501. The average Bonchev–Trinajstić information content (AvgIpc) is 3.14.